The lowest BCUT2D eigenvalue weighted by atomic mass is 10.0. The van der Waals surface area contributed by atoms with E-state index in [1.165, 1.54) is 3.58 Å². The van der Waals surface area contributed by atoms with E-state index >= 15 is 0 Å². The van der Waals surface area contributed by atoms with Crippen molar-refractivity contribution in [2.75, 3.05) is 0 Å². The van der Waals surface area contributed by atoms with Gasteiger partial charge in [0.25, 0.3) is 0 Å². The summed E-state index contributed by atoms with van der Waals surface area (Å²) in [7, 11) is 0. The molecule has 60 valence electrons. The van der Waals surface area contributed by atoms with Crippen LogP contribution in [0.3, 0.4) is 0 Å². The molecule has 1 aliphatic rings. The number of hydrogen-bond donors (Lipinski definition) is 0. The number of hydrogen-bond acceptors (Lipinski definition) is 1. The van der Waals surface area contributed by atoms with Crippen LogP contribution in [0, 0.1) is 0 Å². The lowest BCUT2D eigenvalue weighted by Gasteiger charge is -2.20. The number of aldehydes is 1. The first-order valence-corrected chi connectivity index (χ1v) is 6.19. The predicted octanol–water partition coefficient (Wildman–Crippen LogP) is 3.40. The number of carbonyl (C=O) groups excluding carboxylic acids is 1. The molecule has 1 atom stereocenters. The molecule has 0 N–H and O–H groups in total. The minimum atomic E-state index is -0.292. The second-order valence-electron chi connectivity index (χ2n) is 2.34. The van der Waals surface area contributed by atoms with E-state index in [1.807, 2.05) is 6.08 Å². The van der Waals surface area contributed by atoms with E-state index in [0.29, 0.717) is 0 Å². The molecular formula is C7H5I3O. The van der Waals surface area contributed by atoms with Crippen LogP contribution in [0.2, 0.25) is 0 Å². The van der Waals surface area contributed by atoms with Gasteiger partial charge in [-0.05, 0) is 60.9 Å². The van der Waals surface area contributed by atoms with Crippen molar-refractivity contribution in [2.24, 2.45) is 0 Å². The Labute approximate surface area is 106 Å². The normalized spacial score (nSPS) is 30.8. The molecule has 0 saturated carbocycles. The van der Waals surface area contributed by atoms with Crippen LogP contribution in [0.4, 0.5) is 0 Å². The van der Waals surface area contributed by atoms with E-state index in [2.05, 4.69) is 73.8 Å². The highest BCUT2D eigenvalue weighted by Crippen LogP contribution is 2.37. The molecular weight excluding hydrogens is 481 g/mol. The van der Waals surface area contributed by atoms with Crippen molar-refractivity contribution >= 4 is 74.1 Å². The summed E-state index contributed by atoms with van der Waals surface area (Å²) in [6.45, 7) is 0. The van der Waals surface area contributed by atoms with Gasteiger partial charge in [-0.2, -0.15) is 0 Å². The summed E-state index contributed by atoms with van der Waals surface area (Å²) in [6.07, 6.45) is 5.95. The van der Waals surface area contributed by atoms with E-state index in [0.717, 1.165) is 16.3 Å². The molecule has 0 heterocycles. The molecule has 0 aliphatic heterocycles. The van der Waals surface area contributed by atoms with Crippen molar-refractivity contribution in [1.82, 2.24) is 0 Å². The zero-order valence-corrected chi connectivity index (χ0v) is 12.0. The van der Waals surface area contributed by atoms with Gasteiger partial charge in [-0.1, -0.05) is 22.6 Å². The van der Waals surface area contributed by atoms with Crippen molar-refractivity contribution in [3.63, 3.8) is 0 Å². The Morgan fingerprint density at radius 3 is 2.64 bits per heavy atom. The minimum absolute atomic E-state index is 0.292. The largest absolute Gasteiger partial charge is 0.302 e. The fraction of sp³-hybridized carbons (Fsp3) is 0.286. The summed E-state index contributed by atoms with van der Waals surface area (Å²) in [5.41, 5.74) is 0. The van der Waals surface area contributed by atoms with Crippen LogP contribution in [0.25, 0.3) is 0 Å². The van der Waals surface area contributed by atoms with E-state index in [9.17, 15) is 4.79 Å². The average molecular weight is 486 g/mol. The third kappa shape index (κ3) is 2.94. The summed E-state index contributed by atoms with van der Waals surface area (Å²) >= 11 is 6.70. The van der Waals surface area contributed by atoms with Crippen molar-refractivity contribution in [3.05, 3.63) is 19.3 Å². The zero-order valence-electron chi connectivity index (χ0n) is 5.48. The Bertz CT molecular complexity index is 244. The Kier molecular flexibility index (Phi) is 3.82. The lowest BCUT2D eigenvalue weighted by molar-refractivity contribution is -0.108. The summed E-state index contributed by atoms with van der Waals surface area (Å²) in [6, 6.07) is 0. The molecule has 0 spiro atoms. The Balaban J connectivity index is 2.95. The first-order chi connectivity index (χ1) is 5.06. The van der Waals surface area contributed by atoms with Gasteiger partial charge in [-0.25, -0.2) is 0 Å². The van der Waals surface area contributed by atoms with Crippen molar-refractivity contribution in [3.8, 4) is 0 Å². The second-order valence-corrected chi connectivity index (χ2v) is 6.98. The molecule has 0 amide bonds. The SMILES string of the molecule is O=CC1(I)C=C(I)C=C(I)C1. The molecule has 1 rings (SSSR count). The van der Waals surface area contributed by atoms with E-state index in [4.69, 9.17) is 0 Å². The maximum Gasteiger partial charge on any atom is 0.140 e. The molecule has 0 aromatic rings. The standard InChI is InChI=1S/C7H5I3O/c8-5-1-6(9)3-7(10,2-5)4-11/h1-2,4H,3H2. The van der Waals surface area contributed by atoms with Crippen LogP contribution in [-0.4, -0.2) is 9.71 Å². The molecule has 11 heavy (non-hydrogen) atoms. The van der Waals surface area contributed by atoms with Gasteiger partial charge >= 0.3 is 0 Å². The quantitative estimate of drug-likeness (QED) is 0.316. The molecule has 1 aliphatic carbocycles. The summed E-state index contributed by atoms with van der Waals surface area (Å²) in [5.74, 6) is 0. The van der Waals surface area contributed by atoms with Gasteiger partial charge in [-0.15, -0.1) is 0 Å². The second kappa shape index (κ2) is 4.03. The summed E-state index contributed by atoms with van der Waals surface area (Å²) in [5, 5.41) is 0. The Morgan fingerprint density at radius 1 is 1.55 bits per heavy atom. The van der Waals surface area contributed by atoms with Crippen LogP contribution in [-0.2, 0) is 4.79 Å². The molecule has 0 bridgehead atoms. The topological polar surface area (TPSA) is 17.1 Å². The molecule has 1 nitrogen and oxygen atoms in total. The first kappa shape index (κ1) is 10.4. The lowest BCUT2D eigenvalue weighted by Crippen LogP contribution is -2.21. The van der Waals surface area contributed by atoms with Crippen LogP contribution in [0.1, 0.15) is 6.42 Å². The monoisotopic (exact) mass is 486 g/mol. The van der Waals surface area contributed by atoms with Crippen LogP contribution >= 0.6 is 67.8 Å². The third-order valence-electron chi connectivity index (χ3n) is 1.31. The Morgan fingerprint density at radius 2 is 2.18 bits per heavy atom. The number of halogens is 3. The van der Waals surface area contributed by atoms with Crippen molar-refractivity contribution < 1.29 is 4.79 Å². The predicted molar refractivity (Wildman–Crippen MR) is 71.6 cm³/mol. The Hall–Kier alpha value is 1.34. The van der Waals surface area contributed by atoms with Gasteiger partial charge in [0.1, 0.15) is 9.71 Å². The maximum atomic E-state index is 10.7. The fourth-order valence-electron chi connectivity index (χ4n) is 0.857. The van der Waals surface area contributed by atoms with Gasteiger partial charge in [0, 0.05) is 10.0 Å². The molecule has 0 radical (unpaired) electrons. The smallest absolute Gasteiger partial charge is 0.140 e. The van der Waals surface area contributed by atoms with E-state index in [-0.39, 0.29) is 3.42 Å². The maximum absolute atomic E-state index is 10.7. The highest BCUT2D eigenvalue weighted by Gasteiger charge is 2.26. The molecule has 0 saturated heterocycles. The van der Waals surface area contributed by atoms with Crippen molar-refractivity contribution in [1.29, 1.82) is 0 Å². The average Bonchev–Trinajstić information content (AvgIpc) is 1.84. The van der Waals surface area contributed by atoms with Gasteiger partial charge in [-0.3, -0.25) is 0 Å². The highest BCUT2D eigenvalue weighted by molar-refractivity contribution is 14.1. The van der Waals surface area contributed by atoms with Crippen LogP contribution in [0.15, 0.2) is 19.3 Å². The number of allylic oxidation sites excluding steroid dienone is 4. The minimum Gasteiger partial charge on any atom is -0.302 e. The molecule has 4 heteroatoms. The van der Waals surface area contributed by atoms with Crippen LogP contribution in [0.5, 0.6) is 0 Å². The van der Waals surface area contributed by atoms with Gasteiger partial charge < -0.3 is 4.79 Å². The fourth-order valence-corrected chi connectivity index (χ4v) is 5.42. The number of rotatable bonds is 1. The van der Waals surface area contributed by atoms with Gasteiger partial charge in [0.2, 0.25) is 0 Å². The first-order valence-electron chi connectivity index (χ1n) is 2.95. The zero-order chi connectivity index (χ0) is 8.48. The van der Waals surface area contributed by atoms with Crippen molar-refractivity contribution in [2.45, 2.75) is 9.84 Å². The van der Waals surface area contributed by atoms with Crippen LogP contribution < -0.4 is 0 Å². The van der Waals surface area contributed by atoms with Gasteiger partial charge in [0.15, 0.2) is 0 Å². The number of carbonyl (C=O) groups is 1. The third-order valence-corrected chi connectivity index (χ3v) is 3.57. The van der Waals surface area contributed by atoms with Gasteiger partial charge in [0.05, 0.1) is 0 Å². The number of alkyl halides is 1. The molecule has 1 unspecified atom stereocenters. The highest BCUT2D eigenvalue weighted by atomic mass is 127. The van der Waals surface area contributed by atoms with E-state index in [1.54, 1.807) is 0 Å². The summed E-state index contributed by atoms with van der Waals surface area (Å²) < 4.78 is 2.11. The molecule has 0 aromatic carbocycles. The molecule has 0 aromatic heterocycles. The summed E-state index contributed by atoms with van der Waals surface area (Å²) in [4.78, 5) is 10.7. The van der Waals surface area contributed by atoms with E-state index < -0.39 is 0 Å². The molecule has 0 fully saturated rings.